The zero-order valence-corrected chi connectivity index (χ0v) is 18.5. The van der Waals surface area contributed by atoms with E-state index in [1.54, 1.807) is 43.1 Å². The Morgan fingerprint density at radius 2 is 1.37 bits per heavy atom. The Labute approximate surface area is 183 Å². The van der Waals surface area contributed by atoms with Crippen LogP contribution in [0.15, 0.2) is 71.6 Å². The fourth-order valence-corrected chi connectivity index (χ4v) is 4.11. The first-order valence-electron chi connectivity index (χ1n) is 10.1. The van der Waals surface area contributed by atoms with Crippen molar-refractivity contribution in [2.75, 3.05) is 13.4 Å². The van der Waals surface area contributed by atoms with Crippen molar-refractivity contribution in [2.24, 2.45) is 0 Å². The maximum Gasteiger partial charge on any atom is 0.133 e. The second kappa shape index (κ2) is 10.3. The number of phenolic OH excluding ortho intramolecular Hbond substituents is 2. The van der Waals surface area contributed by atoms with Gasteiger partial charge in [0.15, 0.2) is 0 Å². The smallest absolute Gasteiger partial charge is 0.133 e. The van der Waals surface area contributed by atoms with Crippen LogP contribution in [0.5, 0.6) is 17.2 Å². The molecular weight excluding hydrogens is 392 g/mol. The van der Waals surface area contributed by atoms with Crippen molar-refractivity contribution in [1.29, 1.82) is 0 Å². The Hall–Kier alpha value is -2.85. The number of hydrogen-bond acceptors (Lipinski definition) is 4. The number of aromatic hydroxyl groups is 2. The van der Waals surface area contributed by atoms with Gasteiger partial charge >= 0.3 is 0 Å². The van der Waals surface area contributed by atoms with E-state index in [0.717, 1.165) is 52.2 Å². The molecule has 4 heteroatoms. The molecular formula is C26H28O3S. The summed E-state index contributed by atoms with van der Waals surface area (Å²) >= 11 is 1.67. The minimum atomic E-state index is 0.241. The fourth-order valence-electron chi connectivity index (χ4n) is 3.56. The maximum absolute atomic E-state index is 9.80. The lowest BCUT2D eigenvalue weighted by atomic mass is 9.87. The Morgan fingerprint density at radius 3 is 1.83 bits per heavy atom. The molecule has 0 unspecified atom stereocenters. The highest BCUT2D eigenvalue weighted by Crippen LogP contribution is 2.39. The summed E-state index contributed by atoms with van der Waals surface area (Å²) < 4.78 is 5.64. The third kappa shape index (κ3) is 5.00. The van der Waals surface area contributed by atoms with Gasteiger partial charge in [0.2, 0.25) is 0 Å². The van der Waals surface area contributed by atoms with Crippen LogP contribution >= 0.6 is 11.8 Å². The number of hydrogen-bond donors (Lipinski definition) is 2. The summed E-state index contributed by atoms with van der Waals surface area (Å²) in [6.07, 6.45) is 5.10. The van der Waals surface area contributed by atoms with E-state index in [-0.39, 0.29) is 11.5 Å². The standard InChI is InChI=1S/C26H28O3S/c1-4-5-6-23(20-11-16-25(30-3)24(17-20)29-2)26(18-7-12-21(27)13-8-18)19-9-14-22(28)15-10-19/h7-17,27-28H,4-6H2,1-3H3. The third-order valence-corrected chi connectivity index (χ3v) is 5.90. The van der Waals surface area contributed by atoms with Gasteiger partial charge in [0.05, 0.1) is 7.11 Å². The van der Waals surface area contributed by atoms with E-state index >= 15 is 0 Å². The Morgan fingerprint density at radius 1 is 0.833 bits per heavy atom. The highest BCUT2D eigenvalue weighted by Gasteiger charge is 2.16. The number of phenols is 2. The fraction of sp³-hybridized carbons (Fsp3) is 0.231. The molecule has 2 N–H and O–H groups in total. The van der Waals surface area contributed by atoms with Crippen molar-refractivity contribution < 1.29 is 14.9 Å². The van der Waals surface area contributed by atoms with Gasteiger partial charge in [-0.15, -0.1) is 11.8 Å². The van der Waals surface area contributed by atoms with Crippen LogP contribution < -0.4 is 4.74 Å². The molecule has 0 heterocycles. The summed E-state index contributed by atoms with van der Waals surface area (Å²) in [6, 6.07) is 21.0. The topological polar surface area (TPSA) is 49.7 Å². The van der Waals surface area contributed by atoms with E-state index in [4.69, 9.17) is 4.74 Å². The van der Waals surface area contributed by atoms with Crippen molar-refractivity contribution in [2.45, 2.75) is 31.1 Å². The minimum Gasteiger partial charge on any atom is -0.508 e. The lowest BCUT2D eigenvalue weighted by molar-refractivity contribution is 0.404. The molecule has 0 aliphatic carbocycles. The van der Waals surface area contributed by atoms with Gasteiger partial charge < -0.3 is 14.9 Å². The zero-order chi connectivity index (χ0) is 21.5. The van der Waals surface area contributed by atoms with Crippen molar-refractivity contribution in [3.8, 4) is 17.2 Å². The first-order chi connectivity index (χ1) is 14.6. The van der Waals surface area contributed by atoms with Gasteiger partial charge in [-0.25, -0.2) is 0 Å². The molecule has 3 aromatic rings. The predicted octanol–water partition coefficient (Wildman–Crippen LogP) is 6.98. The number of ether oxygens (including phenoxy) is 1. The van der Waals surface area contributed by atoms with Crippen LogP contribution in [0, 0.1) is 0 Å². The van der Waals surface area contributed by atoms with Crippen LogP contribution in [0.2, 0.25) is 0 Å². The monoisotopic (exact) mass is 420 g/mol. The molecule has 3 nitrogen and oxygen atoms in total. The summed E-state index contributed by atoms with van der Waals surface area (Å²) in [5, 5.41) is 19.6. The molecule has 0 saturated heterocycles. The molecule has 0 spiro atoms. The number of benzene rings is 3. The Balaban J connectivity index is 2.28. The quantitative estimate of drug-likeness (QED) is 0.305. The molecule has 0 aromatic heterocycles. The first kappa shape index (κ1) is 21.8. The van der Waals surface area contributed by atoms with E-state index in [1.807, 2.05) is 30.5 Å². The van der Waals surface area contributed by atoms with Gasteiger partial charge in [-0.3, -0.25) is 0 Å². The van der Waals surface area contributed by atoms with Crippen LogP contribution in [0.1, 0.15) is 42.9 Å². The Kier molecular flexibility index (Phi) is 7.47. The van der Waals surface area contributed by atoms with E-state index in [1.165, 1.54) is 5.57 Å². The van der Waals surface area contributed by atoms with E-state index < -0.39 is 0 Å². The lowest BCUT2D eigenvalue weighted by Gasteiger charge is -2.19. The number of thioether (sulfide) groups is 1. The lowest BCUT2D eigenvalue weighted by Crippen LogP contribution is -1.97. The molecule has 0 bridgehead atoms. The molecule has 0 aliphatic heterocycles. The molecule has 0 radical (unpaired) electrons. The van der Waals surface area contributed by atoms with Crippen LogP contribution in [0.3, 0.4) is 0 Å². The highest BCUT2D eigenvalue weighted by atomic mass is 32.2. The molecule has 30 heavy (non-hydrogen) atoms. The summed E-state index contributed by atoms with van der Waals surface area (Å²) in [5.41, 5.74) is 5.49. The van der Waals surface area contributed by atoms with Crippen molar-refractivity contribution in [1.82, 2.24) is 0 Å². The van der Waals surface area contributed by atoms with Crippen LogP contribution in [-0.4, -0.2) is 23.6 Å². The summed E-state index contributed by atoms with van der Waals surface area (Å²) in [6.45, 7) is 2.19. The van der Waals surface area contributed by atoms with E-state index in [2.05, 4.69) is 25.1 Å². The zero-order valence-electron chi connectivity index (χ0n) is 17.7. The van der Waals surface area contributed by atoms with Crippen molar-refractivity contribution in [3.63, 3.8) is 0 Å². The minimum absolute atomic E-state index is 0.241. The summed E-state index contributed by atoms with van der Waals surface area (Å²) in [7, 11) is 1.70. The van der Waals surface area contributed by atoms with Gasteiger partial charge in [0.25, 0.3) is 0 Å². The molecule has 156 valence electrons. The number of rotatable bonds is 8. The molecule has 0 saturated carbocycles. The van der Waals surface area contributed by atoms with Gasteiger partial charge in [0, 0.05) is 4.90 Å². The molecule has 0 aliphatic rings. The molecule has 0 fully saturated rings. The molecule has 0 atom stereocenters. The summed E-state index contributed by atoms with van der Waals surface area (Å²) in [4.78, 5) is 1.10. The van der Waals surface area contributed by atoms with Crippen LogP contribution in [-0.2, 0) is 0 Å². The predicted molar refractivity (Wildman–Crippen MR) is 126 cm³/mol. The van der Waals surface area contributed by atoms with E-state index in [9.17, 15) is 10.2 Å². The number of allylic oxidation sites excluding steroid dienone is 1. The first-order valence-corrected chi connectivity index (χ1v) is 11.3. The second-order valence-corrected chi connectivity index (χ2v) is 7.97. The molecule has 3 rings (SSSR count). The van der Waals surface area contributed by atoms with Gasteiger partial charge in [-0.05, 0) is 83.3 Å². The van der Waals surface area contributed by atoms with Gasteiger partial charge in [0.1, 0.15) is 17.2 Å². The maximum atomic E-state index is 9.80. The highest BCUT2D eigenvalue weighted by molar-refractivity contribution is 7.98. The van der Waals surface area contributed by atoms with Gasteiger partial charge in [-0.1, -0.05) is 43.7 Å². The number of unbranched alkanes of at least 4 members (excludes halogenated alkanes) is 1. The Bertz CT molecular complexity index is 958. The average Bonchev–Trinajstić information content (AvgIpc) is 2.78. The summed E-state index contributed by atoms with van der Waals surface area (Å²) in [5.74, 6) is 1.35. The normalized spacial score (nSPS) is 10.6. The molecule has 3 aromatic carbocycles. The van der Waals surface area contributed by atoms with Crippen molar-refractivity contribution in [3.05, 3.63) is 83.4 Å². The average molecular weight is 421 g/mol. The van der Waals surface area contributed by atoms with Crippen LogP contribution in [0.4, 0.5) is 0 Å². The molecule has 0 amide bonds. The SMILES string of the molecule is CCCCC(=C(c1ccc(O)cc1)c1ccc(O)cc1)c1ccc(SC)c(OC)c1. The van der Waals surface area contributed by atoms with Crippen molar-refractivity contribution >= 4 is 22.9 Å². The van der Waals surface area contributed by atoms with Gasteiger partial charge in [-0.2, -0.15) is 0 Å². The van der Waals surface area contributed by atoms with E-state index in [0.29, 0.717) is 0 Å². The third-order valence-electron chi connectivity index (χ3n) is 5.13. The second-order valence-electron chi connectivity index (χ2n) is 7.12. The largest absolute Gasteiger partial charge is 0.508 e. The number of methoxy groups -OCH3 is 1. The van der Waals surface area contributed by atoms with Crippen LogP contribution in [0.25, 0.3) is 11.1 Å².